The predicted molar refractivity (Wildman–Crippen MR) is 46.1 cm³/mol. The van der Waals surface area contributed by atoms with E-state index in [9.17, 15) is 9.59 Å². The highest BCUT2D eigenvalue weighted by molar-refractivity contribution is 5.94. The van der Waals surface area contributed by atoms with Gasteiger partial charge in [-0.25, -0.2) is 0 Å². The van der Waals surface area contributed by atoms with E-state index in [1.165, 1.54) is 4.90 Å². The number of nitrogens with one attached hydrogen (secondary N) is 1. The van der Waals surface area contributed by atoms with E-state index in [0.717, 1.165) is 0 Å². The van der Waals surface area contributed by atoms with Crippen molar-refractivity contribution in [1.82, 2.24) is 10.2 Å². The Hall–Kier alpha value is -1.10. The molecule has 74 valence electrons. The van der Waals surface area contributed by atoms with Crippen molar-refractivity contribution in [2.45, 2.75) is 13.0 Å². The van der Waals surface area contributed by atoms with Gasteiger partial charge in [0.15, 0.2) is 0 Å². The van der Waals surface area contributed by atoms with Gasteiger partial charge in [-0.2, -0.15) is 0 Å². The molecule has 2 amide bonds. The molecule has 13 heavy (non-hydrogen) atoms. The second kappa shape index (κ2) is 4.23. The van der Waals surface area contributed by atoms with Crippen LogP contribution in [-0.4, -0.2) is 49.6 Å². The highest BCUT2D eigenvalue weighted by Gasteiger charge is 2.28. The van der Waals surface area contributed by atoms with Crippen LogP contribution in [0, 0.1) is 0 Å². The minimum absolute atomic E-state index is 0.0448. The van der Waals surface area contributed by atoms with Crippen LogP contribution in [-0.2, 0) is 14.3 Å². The molecule has 5 nitrogen and oxygen atoms in total. The third-order valence-electron chi connectivity index (χ3n) is 1.96. The lowest BCUT2D eigenvalue weighted by molar-refractivity contribution is -0.144. The Balaban J connectivity index is 2.51. The molecule has 1 unspecified atom stereocenters. The van der Waals surface area contributed by atoms with E-state index >= 15 is 0 Å². The summed E-state index contributed by atoms with van der Waals surface area (Å²) >= 11 is 0. The molecular formula is C8H14N2O3. The molecule has 0 aromatic heterocycles. The Morgan fingerprint density at radius 1 is 1.62 bits per heavy atom. The number of carbonyl (C=O) groups is 2. The topological polar surface area (TPSA) is 58.6 Å². The first-order chi connectivity index (χ1) is 6.15. The van der Waals surface area contributed by atoms with Crippen LogP contribution in [0.25, 0.3) is 0 Å². The number of amides is 2. The second-order valence-electron chi connectivity index (χ2n) is 3.04. The Bertz CT molecular complexity index is 217. The van der Waals surface area contributed by atoms with E-state index in [0.29, 0.717) is 13.2 Å². The van der Waals surface area contributed by atoms with Gasteiger partial charge in [0.2, 0.25) is 11.8 Å². The van der Waals surface area contributed by atoms with Gasteiger partial charge in [-0.15, -0.1) is 0 Å². The molecule has 0 aromatic rings. The third kappa shape index (κ3) is 2.42. The summed E-state index contributed by atoms with van der Waals surface area (Å²) in [5.74, 6) is -0.153. The maximum absolute atomic E-state index is 11.4. The summed E-state index contributed by atoms with van der Waals surface area (Å²) in [5, 5.41) is 2.56. The Kier molecular flexibility index (Phi) is 3.25. The average Bonchev–Trinajstić information content (AvgIpc) is 2.09. The molecule has 0 aromatic carbocycles. The van der Waals surface area contributed by atoms with Crippen LogP contribution >= 0.6 is 0 Å². The first kappa shape index (κ1) is 9.98. The number of carbonyl (C=O) groups excluding carboxylic acids is 2. The standard InChI is InChI=1S/C8H14N2O3/c1-6-8(12)10(3-4-13-2)5-7(11)9-6/h6H,3-5H2,1-2H3,(H,9,11). The lowest BCUT2D eigenvalue weighted by Gasteiger charge is -2.30. The van der Waals surface area contributed by atoms with Crippen molar-refractivity contribution >= 4 is 11.8 Å². The highest BCUT2D eigenvalue weighted by atomic mass is 16.5. The lowest BCUT2D eigenvalue weighted by atomic mass is 10.2. The number of ether oxygens (including phenoxy) is 1. The van der Waals surface area contributed by atoms with Gasteiger partial charge in [0.1, 0.15) is 6.04 Å². The smallest absolute Gasteiger partial charge is 0.245 e. The molecule has 1 N–H and O–H groups in total. The predicted octanol–water partition coefficient (Wildman–Crippen LogP) is -1.02. The SMILES string of the molecule is COCCN1CC(=O)NC(C)C1=O. The summed E-state index contributed by atoms with van der Waals surface area (Å²) in [6, 6.07) is -0.405. The summed E-state index contributed by atoms with van der Waals surface area (Å²) in [6.07, 6.45) is 0. The minimum Gasteiger partial charge on any atom is -0.383 e. The van der Waals surface area contributed by atoms with Gasteiger partial charge in [-0.05, 0) is 6.92 Å². The Morgan fingerprint density at radius 3 is 2.92 bits per heavy atom. The maximum atomic E-state index is 11.4. The minimum atomic E-state index is -0.405. The fourth-order valence-electron chi connectivity index (χ4n) is 1.26. The molecule has 0 spiro atoms. The molecule has 1 saturated heterocycles. The van der Waals surface area contributed by atoms with Gasteiger partial charge in [-0.3, -0.25) is 9.59 Å². The second-order valence-corrected chi connectivity index (χ2v) is 3.04. The van der Waals surface area contributed by atoms with Crippen molar-refractivity contribution in [3.05, 3.63) is 0 Å². The van der Waals surface area contributed by atoms with E-state index in [-0.39, 0.29) is 18.4 Å². The van der Waals surface area contributed by atoms with Crippen LogP contribution < -0.4 is 5.32 Å². The van der Waals surface area contributed by atoms with Crippen LogP contribution in [0.1, 0.15) is 6.92 Å². The number of piperazine rings is 1. The zero-order valence-electron chi connectivity index (χ0n) is 7.87. The van der Waals surface area contributed by atoms with Crippen molar-refractivity contribution in [1.29, 1.82) is 0 Å². The van der Waals surface area contributed by atoms with E-state index < -0.39 is 6.04 Å². The van der Waals surface area contributed by atoms with Gasteiger partial charge < -0.3 is 15.0 Å². The molecular weight excluding hydrogens is 172 g/mol. The van der Waals surface area contributed by atoms with E-state index in [1.54, 1.807) is 14.0 Å². The normalized spacial score (nSPS) is 23.2. The molecule has 0 radical (unpaired) electrons. The van der Waals surface area contributed by atoms with Gasteiger partial charge in [0, 0.05) is 13.7 Å². The quantitative estimate of drug-likeness (QED) is 0.613. The maximum Gasteiger partial charge on any atom is 0.245 e. The van der Waals surface area contributed by atoms with Crippen molar-refractivity contribution in [2.24, 2.45) is 0 Å². The fourth-order valence-corrected chi connectivity index (χ4v) is 1.26. The number of hydrogen-bond donors (Lipinski definition) is 1. The Morgan fingerprint density at radius 2 is 2.31 bits per heavy atom. The molecule has 0 bridgehead atoms. The van der Waals surface area contributed by atoms with Gasteiger partial charge in [0.25, 0.3) is 0 Å². The molecule has 0 aliphatic carbocycles. The van der Waals surface area contributed by atoms with Crippen LogP contribution in [0.5, 0.6) is 0 Å². The average molecular weight is 186 g/mol. The molecule has 0 saturated carbocycles. The Labute approximate surface area is 77.0 Å². The van der Waals surface area contributed by atoms with Crippen LogP contribution in [0.2, 0.25) is 0 Å². The van der Waals surface area contributed by atoms with E-state index in [2.05, 4.69) is 5.32 Å². The van der Waals surface area contributed by atoms with Gasteiger partial charge in [-0.1, -0.05) is 0 Å². The number of hydrogen-bond acceptors (Lipinski definition) is 3. The van der Waals surface area contributed by atoms with E-state index in [1.807, 2.05) is 0 Å². The van der Waals surface area contributed by atoms with Crippen LogP contribution in [0.15, 0.2) is 0 Å². The van der Waals surface area contributed by atoms with Crippen molar-refractivity contribution < 1.29 is 14.3 Å². The highest BCUT2D eigenvalue weighted by Crippen LogP contribution is 2.01. The molecule has 5 heteroatoms. The van der Waals surface area contributed by atoms with Gasteiger partial charge in [0.05, 0.1) is 13.2 Å². The van der Waals surface area contributed by atoms with Crippen LogP contribution in [0.3, 0.4) is 0 Å². The number of methoxy groups -OCH3 is 1. The van der Waals surface area contributed by atoms with Crippen molar-refractivity contribution in [3.8, 4) is 0 Å². The summed E-state index contributed by atoms with van der Waals surface area (Å²) in [4.78, 5) is 24.0. The first-order valence-electron chi connectivity index (χ1n) is 4.22. The monoisotopic (exact) mass is 186 g/mol. The summed E-state index contributed by atoms with van der Waals surface area (Å²) in [5.41, 5.74) is 0. The van der Waals surface area contributed by atoms with E-state index in [4.69, 9.17) is 4.74 Å². The van der Waals surface area contributed by atoms with Crippen molar-refractivity contribution in [3.63, 3.8) is 0 Å². The largest absolute Gasteiger partial charge is 0.383 e. The molecule has 1 rings (SSSR count). The zero-order valence-corrected chi connectivity index (χ0v) is 7.87. The zero-order chi connectivity index (χ0) is 9.84. The fraction of sp³-hybridized carbons (Fsp3) is 0.750. The lowest BCUT2D eigenvalue weighted by Crippen LogP contribution is -2.57. The number of nitrogens with zero attached hydrogens (tertiary/aromatic N) is 1. The number of rotatable bonds is 3. The molecule has 1 atom stereocenters. The van der Waals surface area contributed by atoms with Crippen molar-refractivity contribution in [2.75, 3.05) is 26.8 Å². The molecule has 1 fully saturated rings. The molecule has 1 heterocycles. The summed E-state index contributed by atoms with van der Waals surface area (Å²) in [6.45, 7) is 2.77. The van der Waals surface area contributed by atoms with Gasteiger partial charge >= 0.3 is 0 Å². The summed E-state index contributed by atoms with van der Waals surface area (Å²) < 4.78 is 4.84. The summed E-state index contributed by atoms with van der Waals surface area (Å²) in [7, 11) is 1.57. The van der Waals surface area contributed by atoms with Crippen LogP contribution in [0.4, 0.5) is 0 Å². The first-order valence-corrected chi connectivity index (χ1v) is 4.22. The third-order valence-corrected chi connectivity index (χ3v) is 1.96. The molecule has 1 aliphatic rings. The molecule has 1 aliphatic heterocycles.